The summed E-state index contributed by atoms with van der Waals surface area (Å²) >= 11 is 4.61. The Morgan fingerprint density at radius 3 is 2.12 bits per heavy atom. The fourth-order valence-corrected chi connectivity index (χ4v) is 1.60. The van der Waals surface area contributed by atoms with Gasteiger partial charge >= 0.3 is 0 Å². The van der Waals surface area contributed by atoms with E-state index >= 15 is 0 Å². The van der Waals surface area contributed by atoms with E-state index < -0.39 is 0 Å². The van der Waals surface area contributed by atoms with Crippen molar-refractivity contribution in [2.75, 3.05) is 13.2 Å². The van der Waals surface area contributed by atoms with Gasteiger partial charge in [0.2, 0.25) is 0 Å². The van der Waals surface area contributed by atoms with Gasteiger partial charge in [0.05, 0.1) is 5.60 Å². The van der Waals surface area contributed by atoms with Gasteiger partial charge in [0, 0.05) is 18.0 Å². The first-order valence-corrected chi connectivity index (χ1v) is 6.55. The summed E-state index contributed by atoms with van der Waals surface area (Å²) in [5.74, 6) is 0. The molecule has 1 fully saturated rings. The topological polar surface area (TPSA) is 18.5 Å². The summed E-state index contributed by atoms with van der Waals surface area (Å²) in [7, 11) is 0.799. The Hall–Kier alpha value is 0.335. The lowest BCUT2D eigenvalue weighted by molar-refractivity contribution is 0.0489. The van der Waals surface area contributed by atoms with Crippen LogP contribution in [-0.4, -0.2) is 31.0 Å². The van der Waals surface area contributed by atoms with E-state index in [0.29, 0.717) is 0 Å². The van der Waals surface area contributed by atoms with Crippen LogP contribution in [0.1, 0.15) is 47.5 Å². The van der Waals surface area contributed by atoms with Gasteiger partial charge in [-0.1, -0.05) is 6.92 Å². The van der Waals surface area contributed by atoms with Gasteiger partial charge in [0.15, 0.2) is 0 Å². The van der Waals surface area contributed by atoms with Crippen LogP contribution in [-0.2, 0) is 9.39 Å². The molecule has 1 saturated heterocycles. The summed E-state index contributed by atoms with van der Waals surface area (Å²) in [4.78, 5) is 0. The molecule has 1 rings (SSSR count). The van der Waals surface area contributed by atoms with Crippen LogP contribution in [0.5, 0.6) is 0 Å². The van der Waals surface area contributed by atoms with Crippen molar-refractivity contribution in [2.24, 2.45) is 0 Å². The van der Waals surface area contributed by atoms with E-state index in [1.807, 2.05) is 0 Å². The minimum atomic E-state index is -0.211. The van der Waals surface area contributed by atoms with Crippen molar-refractivity contribution >= 4 is 20.1 Å². The maximum atomic E-state index is 6.10. The molecule has 1 heterocycles. The SMILES string of the molecule is CC1(BOC(C)(C)C(C)(C)S)CCOCC1. The zero-order valence-electron chi connectivity index (χ0n) is 11.3. The Kier molecular flexibility index (Phi) is 4.42. The molecule has 0 spiro atoms. The third-order valence-electron chi connectivity index (χ3n) is 3.95. The van der Waals surface area contributed by atoms with Crippen molar-refractivity contribution in [1.29, 1.82) is 0 Å². The van der Waals surface area contributed by atoms with Crippen LogP contribution in [0.2, 0.25) is 5.31 Å². The first-order chi connectivity index (χ1) is 7.16. The number of hydrogen-bond acceptors (Lipinski definition) is 3. The summed E-state index contributed by atoms with van der Waals surface area (Å²) in [6, 6.07) is 0. The van der Waals surface area contributed by atoms with Crippen LogP contribution in [0.4, 0.5) is 0 Å². The first kappa shape index (κ1) is 14.4. The Bertz CT molecular complexity index is 230. The molecule has 16 heavy (non-hydrogen) atoms. The van der Waals surface area contributed by atoms with Gasteiger partial charge in [0.25, 0.3) is 7.48 Å². The Morgan fingerprint density at radius 2 is 1.69 bits per heavy atom. The van der Waals surface area contributed by atoms with E-state index in [4.69, 9.17) is 9.39 Å². The molecular formula is C12H25BO2S. The maximum absolute atomic E-state index is 6.10. The van der Waals surface area contributed by atoms with Crippen molar-refractivity contribution in [3.05, 3.63) is 0 Å². The summed E-state index contributed by atoms with van der Waals surface area (Å²) in [5, 5.41) is 0.272. The lowest BCUT2D eigenvalue weighted by Crippen LogP contribution is -2.46. The predicted octanol–water partition coefficient (Wildman–Crippen LogP) is 2.83. The Labute approximate surface area is 106 Å². The number of hydrogen-bond donors (Lipinski definition) is 1. The molecule has 0 aromatic carbocycles. The van der Waals surface area contributed by atoms with Gasteiger partial charge in [-0.25, -0.2) is 0 Å². The van der Waals surface area contributed by atoms with Gasteiger partial charge in [-0.05, 0) is 45.9 Å². The molecule has 0 aliphatic carbocycles. The molecule has 2 nitrogen and oxygen atoms in total. The lowest BCUT2D eigenvalue weighted by atomic mass is 9.60. The van der Waals surface area contributed by atoms with Crippen LogP contribution in [0.25, 0.3) is 0 Å². The molecule has 0 unspecified atom stereocenters. The minimum absolute atomic E-state index is 0.130. The highest BCUT2D eigenvalue weighted by Crippen LogP contribution is 2.39. The van der Waals surface area contributed by atoms with Crippen LogP contribution in [0, 0.1) is 0 Å². The normalized spacial score (nSPS) is 21.9. The molecule has 4 heteroatoms. The van der Waals surface area contributed by atoms with Crippen molar-refractivity contribution in [3.8, 4) is 0 Å². The van der Waals surface area contributed by atoms with Crippen LogP contribution in [0.15, 0.2) is 0 Å². The van der Waals surface area contributed by atoms with Gasteiger partial charge in [-0.3, -0.25) is 0 Å². The molecule has 0 amide bonds. The number of ether oxygens (including phenoxy) is 1. The minimum Gasteiger partial charge on any atom is -0.433 e. The average molecular weight is 244 g/mol. The Balaban J connectivity index is 2.50. The zero-order chi connectivity index (χ0) is 12.4. The summed E-state index contributed by atoms with van der Waals surface area (Å²) in [6.45, 7) is 12.4. The van der Waals surface area contributed by atoms with E-state index in [0.717, 1.165) is 33.5 Å². The molecule has 0 N–H and O–H groups in total. The summed E-state index contributed by atoms with van der Waals surface area (Å²) < 4.78 is 11.4. The van der Waals surface area contributed by atoms with Gasteiger partial charge in [-0.2, -0.15) is 12.6 Å². The molecular weight excluding hydrogens is 219 g/mol. The van der Waals surface area contributed by atoms with Crippen molar-refractivity contribution < 1.29 is 9.39 Å². The van der Waals surface area contributed by atoms with Crippen LogP contribution < -0.4 is 0 Å². The van der Waals surface area contributed by atoms with Crippen LogP contribution >= 0.6 is 12.6 Å². The third-order valence-corrected chi connectivity index (χ3v) is 4.49. The molecule has 0 aromatic heterocycles. The van der Waals surface area contributed by atoms with E-state index in [-0.39, 0.29) is 15.7 Å². The monoisotopic (exact) mass is 244 g/mol. The van der Waals surface area contributed by atoms with E-state index in [1.54, 1.807) is 0 Å². The standard InChI is InChI=1S/C12H25BO2S/c1-10(2,11(3,4)16)15-13-12(5)6-8-14-9-7-12/h13,16H,6-9H2,1-5H3. The Morgan fingerprint density at radius 1 is 1.19 bits per heavy atom. The lowest BCUT2D eigenvalue weighted by Gasteiger charge is -2.42. The molecule has 1 aliphatic heterocycles. The average Bonchev–Trinajstić information content (AvgIpc) is 2.15. The second-order valence-corrected chi connectivity index (χ2v) is 7.40. The highest BCUT2D eigenvalue weighted by molar-refractivity contribution is 7.81. The third kappa shape index (κ3) is 3.68. The fourth-order valence-electron chi connectivity index (χ4n) is 1.54. The number of thiol groups is 1. The predicted molar refractivity (Wildman–Crippen MR) is 73.8 cm³/mol. The molecule has 0 bridgehead atoms. The van der Waals surface area contributed by atoms with Gasteiger partial charge in [-0.15, -0.1) is 0 Å². The quantitative estimate of drug-likeness (QED) is 0.605. The second kappa shape index (κ2) is 4.91. The maximum Gasteiger partial charge on any atom is 0.281 e. The van der Waals surface area contributed by atoms with Crippen molar-refractivity contribution in [1.82, 2.24) is 0 Å². The fraction of sp³-hybridized carbons (Fsp3) is 1.00. The molecule has 1 aliphatic rings. The molecule has 0 radical (unpaired) electrons. The molecule has 0 aromatic rings. The van der Waals surface area contributed by atoms with Crippen molar-refractivity contribution in [3.63, 3.8) is 0 Å². The first-order valence-electron chi connectivity index (χ1n) is 6.10. The molecule has 0 saturated carbocycles. The molecule has 94 valence electrons. The second-order valence-electron chi connectivity index (χ2n) is 6.28. The highest BCUT2D eigenvalue weighted by atomic mass is 32.1. The highest BCUT2D eigenvalue weighted by Gasteiger charge is 2.38. The van der Waals surface area contributed by atoms with Gasteiger partial charge in [0.1, 0.15) is 0 Å². The van der Waals surface area contributed by atoms with Crippen molar-refractivity contribution in [2.45, 2.75) is 63.1 Å². The van der Waals surface area contributed by atoms with Gasteiger partial charge < -0.3 is 9.39 Å². The summed E-state index contributed by atoms with van der Waals surface area (Å²) in [6.07, 6.45) is 2.19. The number of rotatable bonds is 4. The van der Waals surface area contributed by atoms with E-state index in [9.17, 15) is 0 Å². The molecule has 0 atom stereocenters. The smallest absolute Gasteiger partial charge is 0.281 e. The van der Waals surface area contributed by atoms with Crippen LogP contribution in [0.3, 0.4) is 0 Å². The summed E-state index contributed by atoms with van der Waals surface area (Å²) in [5.41, 5.74) is -0.211. The van der Waals surface area contributed by atoms with E-state index in [2.05, 4.69) is 47.2 Å². The largest absolute Gasteiger partial charge is 0.433 e. The zero-order valence-corrected chi connectivity index (χ0v) is 12.2. The van der Waals surface area contributed by atoms with E-state index in [1.165, 1.54) is 0 Å².